The van der Waals surface area contributed by atoms with Crippen molar-refractivity contribution in [1.29, 1.82) is 0 Å². The van der Waals surface area contributed by atoms with E-state index < -0.39 is 5.91 Å². The van der Waals surface area contributed by atoms with Gasteiger partial charge in [-0.3, -0.25) is 4.79 Å². The predicted octanol–water partition coefficient (Wildman–Crippen LogP) is 5.55. The van der Waals surface area contributed by atoms with Crippen molar-refractivity contribution < 1.29 is 4.79 Å². The fourth-order valence-electron chi connectivity index (χ4n) is 3.65. The SMILES string of the molecule is NC(=O)c1nn(-c2ccccc2Cl)c2c1CCCC/C2=C\c1ccc(Cl)cc1. The van der Waals surface area contributed by atoms with Gasteiger partial charge in [0, 0.05) is 10.6 Å². The van der Waals surface area contributed by atoms with Crippen molar-refractivity contribution >= 4 is 40.8 Å². The summed E-state index contributed by atoms with van der Waals surface area (Å²) in [5, 5.41) is 5.83. The average Bonchev–Trinajstić information content (AvgIpc) is 2.94. The number of amides is 1. The van der Waals surface area contributed by atoms with Crippen LogP contribution < -0.4 is 5.73 Å². The number of fused-ring (bicyclic) bond motifs is 1. The molecule has 0 aliphatic heterocycles. The van der Waals surface area contributed by atoms with Gasteiger partial charge in [0.2, 0.25) is 0 Å². The minimum absolute atomic E-state index is 0.318. The van der Waals surface area contributed by atoms with Crippen molar-refractivity contribution in [1.82, 2.24) is 9.78 Å². The van der Waals surface area contributed by atoms with E-state index in [0.29, 0.717) is 15.7 Å². The number of nitrogens with zero attached hydrogens (tertiary/aromatic N) is 2. The van der Waals surface area contributed by atoms with Crippen molar-refractivity contribution in [2.24, 2.45) is 5.73 Å². The first-order valence-corrected chi connectivity index (χ1v) is 9.93. The Bertz CT molecular complexity index is 1070. The molecule has 4 rings (SSSR count). The number of halogens is 2. The van der Waals surface area contributed by atoms with Crippen molar-refractivity contribution in [2.75, 3.05) is 0 Å². The first-order chi connectivity index (χ1) is 13.5. The second-order valence-electron chi connectivity index (χ2n) is 6.83. The summed E-state index contributed by atoms with van der Waals surface area (Å²) in [5.41, 5.74) is 10.7. The lowest BCUT2D eigenvalue weighted by molar-refractivity contribution is 0.0994. The van der Waals surface area contributed by atoms with Crippen LogP contribution in [0.5, 0.6) is 0 Å². The van der Waals surface area contributed by atoms with E-state index in [2.05, 4.69) is 11.2 Å². The van der Waals surface area contributed by atoms with Gasteiger partial charge in [0.25, 0.3) is 5.91 Å². The quantitative estimate of drug-likeness (QED) is 0.574. The number of hydrogen-bond donors (Lipinski definition) is 1. The molecule has 0 saturated heterocycles. The number of allylic oxidation sites excluding steroid dienone is 1. The topological polar surface area (TPSA) is 60.9 Å². The molecule has 28 heavy (non-hydrogen) atoms. The summed E-state index contributed by atoms with van der Waals surface area (Å²) in [7, 11) is 0. The molecule has 0 radical (unpaired) electrons. The van der Waals surface area contributed by atoms with Crippen molar-refractivity contribution in [3.63, 3.8) is 0 Å². The molecule has 1 amide bonds. The number of carbonyl (C=O) groups excluding carboxylic acids is 1. The molecular formula is C22H19Cl2N3O. The van der Waals surface area contributed by atoms with Crippen LogP contribution in [-0.4, -0.2) is 15.7 Å². The fraction of sp³-hybridized carbons (Fsp3) is 0.182. The van der Waals surface area contributed by atoms with E-state index >= 15 is 0 Å². The molecule has 0 atom stereocenters. The van der Waals surface area contributed by atoms with Crippen LogP contribution in [0.4, 0.5) is 0 Å². The number of para-hydroxylation sites is 1. The molecule has 1 aliphatic carbocycles. The van der Waals surface area contributed by atoms with E-state index in [1.807, 2.05) is 48.5 Å². The molecule has 0 fully saturated rings. The molecule has 3 aromatic rings. The van der Waals surface area contributed by atoms with Crippen LogP contribution in [0.15, 0.2) is 48.5 Å². The van der Waals surface area contributed by atoms with Gasteiger partial charge in [0.1, 0.15) is 0 Å². The third kappa shape index (κ3) is 3.58. The minimum Gasteiger partial charge on any atom is -0.364 e. The summed E-state index contributed by atoms with van der Waals surface area (Å²) >= 11 is 12.5. The highest BCUT2D eigenvalue weighted by Gasteiger charge is 2.26. The van der Waals surface area contributed by atoms with Crippen molar-refractivity contribution in [2.45, 2.75) is 25.7 Å². The molecule has 1 aromatic heterocycles. The van der Waals surface area contributed by atoms with Gasteiger partial charge >= 0.3 is 0 Å². The highest BCUT2D eigenvalue weighted by molar-refractivity contribution is 6.32. The zero-order valence-corrected chi connectivity index (χ0v) is 16.7. The average molecular weight is 412 g/mol. The highest BCUT2D eigenvalue weighted by atomic mass is 35.5. The number of nitrogens with two attached hydrogens (primary N) is 1. The molecule has 2 N–H and O–H groups in total. The molecule has 0 unspecified atom stereocenters. The monoisotopic (exact) mass is 411 g/mol. The van der Waals surface area contributed by atoms with Gasteiger partial charge < -0.3 is 5.73 Å². The molecular weight excluding hydrogens is 393 g/mol. The number of rotatable bonds is 3. The largest absolute Gasteiger partial charge is 0.364 e. The van der Waals surface area contributed by atoms with E-state index in [4.69, 9.17) is 28.9 Å². The summed E-state index contributed by atoms with van der Waals surface area (Å²) in [4.78, 5) is 12.1. The Balaban J connectivity index is 1.96. The van der Waals surface area contributed by atoms with Crippen LogP contribution in [0.3, 0.4) is 0 Å². The molecule has 0 saturated carbocycles. The molecule has 2 aromatic carbocycles. The summed E-state index contributed by atoms with van der Waals surface area (Å²) in [6.45, 7) is 0. The minimum atomic E-state index is -0.519. The number of carbonyl (C=O) groups is 1. The third-order valence-corrected chi connectivity index (χ3v) is 5.51. The molecule has 1 heterocycles. The van der Waals surface area contributed by atoms with E-state index in [-0.39, 0.29) is 0 Å². The zero-order valence-electron chi connectivity index (χ0n) is 15.2. The van der Waals surface area contributed by atoms with Crippen LogP contribution in [0, 0.1) is 0 Å². The third-order valence-electron chi connectivity index (χ3n) is 4.94. The molecule has 1 aliphatic rings. The van der Waals surface area contributed by atoms with Gasteiger partial charge in [-0.2, -0.15) is 5.10 Å². The lowest BCUT2D eigenvalue weighted by Gasteiger charge is -2.12. The second-order valence-corrected chi connectivity index (χ2v) is 7.68. The normalized spacial score (nSPS) is 15.3. The van der Waals surface area contributed by atoms with Crippen LogP contribution in [0.25, 0.3) is 17.3 Å². The Hall–Kier alpha value is -2.56. The first kappa shape index (κ1) is 18.8. The molecule has 4 nitrogen and oxygen atoms in total. The predicted molar refractivity (Wildman–Crippen MR) is 114 cm³/mol. The Morgan fingerprint density at radius 1 is 1.04 bits per heavy atom. The molecule has 6 heteroatoms. The van der Waals surface area contributed by atoms with Gasteiger partial charge in [-0.15, -0.1) is 0 Å². The Morgan fingerprint density at radius 3 is 2.46 bits per heavy atom. The van der Waals surface area contributed by atoms with Crippen LogP contribution in [-0.2, 0) is 6.42 Å². The fourth-order valence-corrected chi connectivity index (χ4v) is 3.99. The molecule has 0 bridgehead atoms. The maximum absolute atomic E-state index is 12.1. The summed E-state index contributed by atoms with van der Waals surface area (Å²) in [6, 6.07) is 15.2. The first-order valence-electron chi connectivity index (χ1n) is 9.17. The number of benzene rings is 2. The number of primary amides is 1. The van der Waals surface area contributed by atoms with Gasteiger partial charge in [0.15, 0.2) is 5.69 Å². The smallest absolute Gasteiger partial charge is 0.269 e. The Morgan fingerprint density at radius 2 is 1.75 bits per heavy atom. The maximum Gasteiger partial charge on any atom is 0.269 e. The maximum atomic E-state index is 12.1. The van der Waals surface area contributed by atoms with E-state index in [1.165, 1.54) is 0 Å². The van der Waals surface area contributed by atoms with Crippen molar-refractivity contribution in [3.8, 4) is 5.69 Å². The Kier molecular flexibility index (Phi) is 5.25. The highest BCUT2D eigenvalue weighted by Crippen LogP contribution is 2.36. The second kappa shape index (κ2) is 7.82. The van der Waals surface area contributed by atoms with E-state index in [1.54, 1.807) is 4.68 Å². The molecule has 0 spiro atoms. The molecule has 142 valence electrons. The lowest BCUT2D eigenvalue weighted by atomic mass is 10.0. The summed E-state index contributed by atoms with van der Waals surface area (Å²) in [6.07, 6.45) is 5.76. The Labute approximate surface area is 173 Å². The van der Waals surface area contributed by atoms with Gasteiger partial charge in [-0.05, 0) is 67.2 Å². The zero-order chi connectivity index (χ0) is 19.7. The van der Waals surface area contributed by atoms with Gasteiger partial charge in [-0.25, -0.2) is 4.68 Å². The number of hydrogen-bond acceptors (Lipinski definition) is 2. The van der Waals surface area contributed by atoms with E-state index in [0.717, 1.165) is 53.8 Å². The van der Waals surface area contributed by atoms with E-state index in [9.17, 15) is 4.79 Å². The summed E-state index contributed by atoms with van der Waals surface area (Å²) < 4.78 is 1.77. The van der Waals surface area contributed by atoms with Crippen molar-refractivity contribution in [3.05, 3.63) is 81.1 Å². The van der Waals surface area contributed by atoms with Crippen LogP contribution in [0.1, 0.15) is 46.6 Å². The standard InChI is InChI=1S/C22H19Cl2N3O/c23-16-11-9-14(10-12-16)13-15-5-1-2-6-17-20(22(25)28)26-27(21(15)17)19-8-4-3-7-18(19)24/h3-4,7-13H,1-2,5-6H2,(H2,25,28)/b15-13+. The van der Waals surface area contributed by atoms with Crippen LogP contribution >= 0.6 is 23.2 Å². The van der Waals surface area contributed by atoms with Gasteiger partial charge in [0.05, 0.1) is 16.4 Å². The van der Waals surface area contributed by atoms with Gasteiger partial charge in [-0.1, -0.05) is 47.5 Å². The lowest BCUT2D eigenvalue weighted by Crippen LogP contribution is -2.14. The van der Waals surface area contributed by atoms with Crippen LogP contribution in [0.2, 0.25) is 10.0 Å². The number of aromatic nitrogens is 2. The summed E-state index contributed by atoms with van der Waals surface area (Å²) in [5.74, 6) is -0.519.